The molecule has 9 heteroatoms. The van der Waals surface area contributed by atoms with Gasteiger partial charge in [-0.3, -0.25) is 14.4 Å². The lowest BCUT2D eigenvalue weighted by molar-refractivity contribution is -0.142. The van der Waals surface area contributed by atoms with Gasteiger partial charge in [0.2, 0.25) is 17.7 Å². The molecule has 0 heterocycles. The summed E-state index contributed by atoms with van der Waals surface area (Å²) in [6, 6.07) is 5.90. The number of nitrogens with two attached hydrogens (primary N) is 1. The Morgan fingerprint density at radius 1 is 0.962 bits per heavy atom. The van der Waals surface area contributed by atoms with Crippen molar-refractivity contribution in [3.8, 4) is 0 Å². The summed E-state index contributed by atoms with van der Waals surface area (Å²) in [4.78, 5) is 46.7. The van der Waals surface area contributed by atoms with E-state index < -0.39 is 41.8 Å². The first kappa shape index (κ1) is 21.1. The molecule has 6 N–H and O–H groups in total. The SMILES string of the molecule is CC(NC(=O)CN)C(=O)NC(C)C(=O)NC(Cc1ccccc1)C(=O)O. The molecule has 0 spiro atoms. The number of carbonyl (C=O) groups is 4. The third kappa shape index (κ3) is 6.89. The first-order valence-corrected chi connectivity index (χ1v) is 8.11. The minimum atomic E-state index is -1.18. The molecule has 3 atom stereocenters. The lowest BCUT2D eigenvalue weighted by atomic mass is 10.1. The molecule has 3 unspecified atom stereocenters. The second-order valence-electron chi connectivity index (χ2n) is 5.81. The van der Waals surface area contributed by atoms with Crippen LogP contribution < -0.4 is 21.7 Å². The minimum absolute atomic E-state index is 0.117. The van der Waals surface area contributed by atoms with Gasteiger partial charge in [-0.05, 0) is 19.4 Å². The summed E-state index contributed by atoms with van der Waals surface area (Å²) in [7, 11) is 0. The van der Waals surface area contributed by atoms with Gasteiger partial charge in [-0.1, -0.05) is 30.3 Å². The quantitative estimate of drug-likeness (QED) is 0.370. The Morgan fingerprint density at radius 3 is 2.04 bits per heavy atom. The number of amides is 3. The fourth-order valence-corrected chi connectivity index (χ4v) is 2.12. The molecule has 1 aromatic carbocycles. The third-order valence-corrected chi connectivity index (χ3v) is 3.61. The largest absolute Gasteiger partial charge is 0.480 e. The van der Waals surface area contributed by atoms with E-state index >= 15 is 0 Å². The van der Waals surface area contributed by atoms with E-state index in [1.165, 1.54) is 13.8 Å². The van der Waals surface area contributed by atoms with Gasteiger partial charge in [-0.15, -0.1) is 0 Å². The zero-order valence-corrected chi connectivity index (χ0v) is 14.7. The summed E-state index contributed by atoms with van der Waals surface area (Å²) >= 11 is 0. The van der Waals surface area contributed by atoms with Crippen LogP contribution in [0.15, 0.2) is 30.3 Å². The average molecular weight is 364 g/mol. The van der Waals surface area contributed by atoms with Crippen LogP contribution in [0.25, 0.3) is 0 Å². The highest BCUT2D eigenvalue weighted by atomic mass is 16.4. The maximum Gasteiger partial charge on any atom is 0.326 e. The number of hydrogen-bond donors (Lipinski definition) is 5. The number of nitrogens with one attached hydrogen (secondary N) is 3. The van der Waals surface area contributed by atoms with Gasteiger partial charge in [0.15, 0.2) is 0 Å². The average Bonchev–Trinajstić information content (AvgIpc) is 2.61. The Bertz CT molecular complexity index is 650. The summed E-state index contributed by atoms with van der Waals surface area (Å²) in [6.07, 6.45) is 0.117. The van der Waals surface area contributed by atoms with Gasteiger partial charge in [0.25, 0.3) is 0 Å². The van der Waals surface area contributed by atoms with E-state index in [-0.39, 0.29) is 13.0 Å². The normalized spacial score (nSPS) is 13.8. The second-order valence-corrected chi connectivity index (χ2v) is 5.81. The maximum absolute atomic E-state index is 12.2. The van der Waals surface area contributed by atoms with Gasteiger partial charge >= 0.3 is 5.97 Å². The summed E-state index contributed by atoms with van der Waals surface area (Å²) in [5.74, 6) is -2.90. The van der Waals surface area contributed by atoms with Crippen LogP contribution in [0, 0.1) is 0 Å². The predicted molar refractivity (Wildman–Crippen MR) is 94.0 cm³/mol. The first-order valence-electron chi connectivity index (χ1n) is 8.11. The Balaban J connectivity index is 2.61. The van der Waals surface area contributed by atoms with E-state index in [4.69, 9.17) is 5.73 Å². The molecule has 3 amide bonds. The van der Waals surface area contributed by atoms with Crippen molar-refractivity contribution in [1.29, 1.82) is 0 Å². The van der Waals surface area contributed by atoms with E-state index in [1.54, 1.807) is 30.3 Å². The number of hydrogen-bond acceptors (Lipinski definition) is 5. The Hall–Kier alpha value is -2.94. The number of carboxylic acids is 1. The molecule has 9 nitrogen and oxygen atoms in total. The number of aliphatic carboxylic acids is 1. The fraction of sp³-hybridized carbons (Fsp3) is 0.412. The van der Waals surface area contributed by atoms with E-state index in [0.717, 1.165) is 5.56 Å². The fourth-order valence-electron chi connectivity index (χ4n) is 2.12. The van der Waals surface area contributed by atoms with Crippen LogP contribution in [0.5, 0.6) is 0 Å². The van der Waals surface area contributed by atoms with Crippen LogP contribution >= 0.6 is 0 Å². The highest BCUT2D eigenvalue weighted by Gasteiger charge is 2.25. The molecule has 0 bridgehead atoms. The lowest BCUT2D eigenvalue weighted by Gasteiger charge is -2.20. The number of carboxylic acid groups (broad SMARTS) is 1. The van der Waals surface area contributed by atoms with Gasteiger partial charge in [-0.25, -0.2) is 4.79 Å². The highest BCUT2D eigenvalue weighted by Crippen LogP contribution is 2.04. The molecule has 142 valence electrons. The van der Waals surface area contributed by atoms with Crippen molar-refractivity contribution in [1.82, 2.24) is 16.0 Å². The molecule has 0 saturated carbocycles. The van der Waals surface area contributed by atoms with E-state index in [2.05, 4.69) is 16.0 Å². The van der Waals surface area contributed by atoms with Crippen LogP contribution in [0.1, 0.15) is 19.4 Å². The third-order valence-electron chi connectivity index (χ3n) is 3.61. The molecule has 0 aliphatic heterocycles. The van der Waals surface area contributed by atoms with Crippen molar-refractivity contribution in [2.75, 3.05) is 6.54 Å². The summed E-state index contributed by atoms with van der Waals surface area (Å²) < 4.78 is 0. The molecule has 1 rings (SSSR count). The van der Waals surface area contributed by atoms with E-state index in [0.29, 0.717) is 0 Å². The van der Waals surface area contributed by atoms with Crippen LogP contribution in [0.4, 0.5) is 0 Å². The molecular weight excluding hydrogens is 340 g/mol. The Kier molecular flexibility index (Phi) is 8.23. The molecule has 26 heavy (non-hydrogen) atoms. The van der Waals surface area contributed by atoms with Crippen LogP contribution in [0.2, 0.25) is 0 Å². The zero-order chi connectivity index (χ0) is 19.7. The lowest BCUT2D eigenvalue weighted by Crippen LogP contribution is -2.54. The Morgan fingerprint density at radius 2 is 1.50 bits per heavy atom. The zero-order valence-electron chi connectivity index (χ0n) is 14.7. The van der Waals surface area contributed by atoms with Crippen molar-refractivity contribution in [2.24, 2.45) is 5.73 Å². The van der Waals surface area contributed by atoms with E-state index in [9.17, 15) is 24.3 Å². The highest BCUT2D eigenvalue weighted by molar-refractivity contribution is 5.93. The van der Waals surface area contributed by atoms with Gasteiger partial charge in [0.1, 0.15) is 18.1 Å². The molecule has 0 radical (unpaired) electrons. The number of benzene rings is 1. The van der Waals surface area contributed by atoms with Crippen molar-refractivity contribution in [3.05, 3.63) is 35.9 Å². The molecule has 0 aliphatic rings. The van der Waals surface area contributed by atoms with Gasteiger partial charge in [0, 0.05) is 6.42 Å². The number of rotatable bonds is 9. The minimum Gasteiger partial charge on any atom is -0.480 e. The smallest absolute Gasteiger partial charge is 0.326 e. The summed E-state index contributed by atoms with van der Waals surface area (Å²) in [5.41, 5.74) is 5.91. The molecule has 0 aromatic heterocycles. The monoisotopic (exact) mass is 364 g/mol. The molecule has 0 fully saturated rings. The predicted octanol–water partition coefficient (Wildman–Crippen LogP) is -1.23. The van der Waals surface area contributed by atoms with Crippen LogP contribution in [0.3, 0.4) is 0 Å². The molecule has 1 aromatic rings. The van der Waals surface area contributed by atoms with Gasteiger partial charge < -0.3 is 26.8 Å². The summed E-state index contributed by atoms with van der Waals surface area (Å²) in [6.45, 7) is 2.61. The molecule has 0 aliphatic carbocycles. The van der Waals surface area contributed by atoms with Crippen molar-refractivity contribution >= 4 is 23.7 Å². The second kappa shape index (κ2) is 10.1. The Labute approximate surface area is 151 Å². The van der Waals surface area contributed by atoms with Crippen molar-refractivity contribution in [2.45, 2.75) is 38.4 Å². The summed E-state index contributed by atoms with van der Waals surface area (Å²) in [5, 5.41) is 16.5. The number of carbonyl (C=O) groups excluding carboxylic acids is 3. The van der Waals surface area contributed by atoms with Crippen molar-refractivity contribution in [3.63, 3.8) is 0 Å². The maximum atomic E-state index is 12.2. The van der Waals surface area contributed by atoms with E-state index in [1.807, 2.05) is 0 Å². The topological polar surface area (TPSA) is 151 Å². The first-order chi connectivity index (χ1) is 12.2. The standard InChI is InChI=1S/C17H24N4O5/c1-10(19-14(22)9-18)15(23)20-11(2)16(24)21-13(17(25)26)8-12-6-4-3-5-7-12/h3-7,10-11,13H,8-9,18H2,1-2H3,(H,19,22)(H,20,23)(H,21,24)(H,25,26). The van der Waals surface area contributed by atoms with Crippen LogP contribution in [-0.4, -0.2) is 53.5 Å². The molecule has 0 saturated heterocycles. The van der Waals surface area contributed by atoms with Gasteiger partial charge in [0.05, 0.1) is 6.54 Å². The molecular formula is C17H24N4O5. The van der Waals surface area contributed by atoms with Gasteiger partial charge in [-0.2, -0.15) is 0 Å². The van der Waals surface area contributed by atoms with Crippen molar-refractivity contribution < 1.29 is 24.3 Å². The van der Waals surface area contributed by atoms with Crippen LogP contribution in [-0.2, 0) is 25.6 Å².